The van der Waals surface area contributed by atoms with E-state index in [4.69, 9.17) is 0 Å². The molecule has 1 N–H and O–H groups in total. The molecule has 1 nitrogen and oxygen atoms in total. The van der Waals surface area contributed by atoms with Crippen molar-refractivity contribution < 1.29 is 4.39 Å². The molecule has 0 radical (unpaired) electrons. The van der Waals surface area contributed by atoms with Crippen molar-refractivity contribution in [3.63, 3.8) is 0 Å². The molecule has 0 aromatic heterocycles. The van der Waals surface area contributed by atoms with Crippen LogP contribution in [-0.4, -0.2) is 13.1 Å². The quantitative estimate of drug-likeness (QED) is 0.605. The number of allylic oxidation sites excluding steroid dienone is 3. The predicted octanol–water partition coefficient (Wildman–Crippen LogP) is 1.78. The summed E-state index contributed by atoms with van der Waals surface area (Å²) in [5, 5.41) is 3.15. The minimum absolute atomic E-state index is 0.0164. The molecule has 60 valence electrons. The van der Waals surface area contributed by atoms with Crippen molar-refractivity contribution >= 4 is 0 Å². The van der Waals surface area contributed by atoms with E-state index in [1.165, 1.54) is 0 Å². The van der Waals surface area contributed by atoms with E-state index < -0.39 is 0 Å². The lowest BCUT2D eigenvalue weighted by Gasteiger charge is -2.30. The van der Waals surface area contributed by atoms with Gasteiger partial charge in [-0.15, -0.1) is 0 Å². The highest BCUT2D eigenvalue weighted by Gasteiger charge is 2.24. The van der Waals surface area contributed by atoms with Crippen LogP contribution in [0, 0.1) is 5.92 Å². The molecule has 0 unspecified atom stereocenters. The van der Waals surface area contributed by atoms with E-state index in [2.05, 4.69) is 5.32 Å². The van der Waals surface area contributed by atoms with Crippen LogP contribution in [0.5, 0.6) is 0 Å². The van der Waals surface area contributed by atoms with Crippen LogP contribution in [0.1, 0.15) is 12.8 Å². The standard InChI is InChI=1S/C9H12FN/c10-9-4-2-1-3-8(9)7-5-11-6-7/h2,4,7,11H,1,3,5-6H2. The Bertz CT molecular complexity index is 214. The summed E-state index contributed by atoms with van der Waals surface area (Å²) in [6.07, 6.45) is 5.45. The van der Waals surface area contributed by atoms with E-state index in [-0.39, 0.29) is 5.83 Å². The third kappa shape index (κ3) is 1.23. The van der Waals surface area contributed by atoms with Gasteiger partial charge in [-0.3, -0.25) is 0 Å². The van der Waals surface area contributed by atoms with Gasteiger partial charge in [-0.2, -0.15) is 0 Å². The lowest BCUT2D eigenvalue weighted by atomic mass is 9.87. The molecule has 1 aliphatic heterocycles. The van der Waals surface area contributed by atoms with Gasteiger partial charge >= 0.3 is 0 Å². The zero-order chi connectivity index (χ0) is 7.68. The Hall–Kier alpha value is -0.630. The van der Waals surface area contributed by atoms with Gasteiger partial charge in [0.15, 0.2) is 0 Å². The normalized spacial score (nSPS) is 25.5. The number of halogens is 1. The zero-order valence-electron chi connectivity index (χ0n) is 6.44. The minimum atomic E-state index is 0.0164. The lowest BCUT2D eigenvalue weighted by molar-refractivity contribution is 0.378. The molecule has 2 rings (SSSR count). The largest absolute Gasteiger partial charge is 0.315 e. The van der Waals surface area contributed by atoms with Crippen LogP contribution < -0.4 is 5.32 Å². The molecular formula is C9H12FN. The monoisotopic (exact) mass is 153 g/mol. The molecule has 0 spiro atoms. The molecule has 1 aliphatic carbocycles. The Kier molecular flexibility index (Phi) is 1.78. The average molecular weight is 153 g/mol. The molecule has 11 heavy (non-hydrogen) atoms. The molecule has 1 fully saturated rings. The first kappa shape index (κ1) is 7.04. The summed E-state index contributed by atoms with van der Waals surface area (Å²) in [6, 6.07) is 0. The summed E-state index contributed by atoms with van der Waals surface area (Å²) < 4.78 is 13.1. The van der Waals surface area contributed by atoms with E-state index in [1.807, 2.05) is 6.08 Å². The van der Waals surface area contributed by atoms with Crippen molar-refractivity contribution in [3.8, 4) is 0 Å². The zero-order valence-corrected chi connectivity index (χ0v) is 6.44. The van der Waals surface area contributed by atoms with Crippen LogP contribution >= 0.6 is 0 Å². The van der Waals surface area contributed by atoms with Crippen LogP contribution in [0.15, 0.2) is 23.6 Å². The smallest absolute Gasteiger partial charge is 0.122 e. The first-order chi connectivity index (χ1) is 5.38. The number of rotatable bonds is 1. The highest BCUT2D eigenvalue weighted by Crippen LogP contribution is 2.28. The molecule has 0 saturated carbocycles. The van der Waals surface area contributed by atoms with Gasteiger partial charge in [0, 0.05) is 19.0 Å². The highest BCUT2D eigenvalue weighted by atomic mass is 19.1. The maximum Gasteiger partial charge on any atom is 0.122 e. The Balaban J connectivity index is 2.14. The molecular weight excluding hydrogens is 141 g/mol. The van der Waals surface area contributed by atoms with E-state index >= 15 is 0 Å². The fraction of sp³-hybridized carbons (Fsp3) is 0.556. The van der Waals surface area contributed by atoms with Crippen LogP contribution in [0.3, 0.4) is 0 Å². The second-order valence-electron chi connectivity index (χ2n) is 3.17. The van der Waals surface area contributed by atoms with E-state index in [0.717, 1.165) is 31.5 Å². The SMILES string of the molecule is FC1=C(C2CNC2)CCC=C1. The van der Waals surface area contributed by atoms with Gasteiger partial charge in [0.05, 0.1) is 0 Å². The van der Waals surface area contributed by atoms with Crippen LogP contribution in [-0.2, 0) is 0 Å². The molecule has 0 aromatic carbocycles. The highest BCUT2D eigenvalue weighted by molar-refractivity contribution is 5.27. The minimum Gasteiger partial charge on any atom is -0.315 e. The van der Waals surface area contributed by atoms with Gasteiger partial charge in [-0.1, -0.05) is 6.08 Å². The van der Waals surface area contributed by atoms with Gasteiger partial charge in [0.25, 0.3) is 0 Å². The third-order valence-corrected chi connectivity index (χ3v) is 2.43. The average Bonchev–Trinajstić information content (AvgIpc) is 1.90. The Morgan fingerprint density at radius 3 is 2.82 bits per heavy atom. The summed E-state index contributed by atoms with van der Waals surface area (Å²) in [4.78, 5) is 0. The first-order valence-corrected chi connectivity index (χ1v) is 4.14. The third-order valence-electron chi connectivity index (χ3n) is 2.43. The summed E-state index contributed by atoms with van der Waals surface area (Å²) in [5.41, 5.74) is 1.03. The van der Waals surface area contributed by atoms with E-state index in [9.17, 15) is 4.39 Å². The van der Waals surface area contributed by atoms with Crippen molar-refractivity contribution in [3.05, 3.63) is 23.6 Å². The molecule has 2 aliphatic rings. The lowest BCUT2D eigenvalue weighted by Crippen LogP contribution is -2.43. The number of hydrogen-bond donors (Lipinski definition) is 1. The topological polar surface area (TPSA) is 12.0 Å². The second kappa shape index (κ2) is 2.78. The van der Waals surface area contributed by atoms with Gasteiger partial charge in [0.2, 0.25) is 0 Å². The predicted molar refractivity (Wildman–Crippen MR) is 42.9 cm³/mol. The van der Waals surface area contributed by atoms with Crippen molar-refractivity contribution in [2.24, 2.45) is 5.92 Å². The van der Waals surface area contributed by atoms with Gasteiger partial charge < -0.3 is 5.32 Å². The maximum atomic E-state index is 13.1. The Labute approximate surface area is 66.0 Å². The summed E-state index contributed by atoms with van der Waals surface area (Å²) >= 11 is 0. The van der Waals surface area contributed by atoms with E-state index in [0.29, 0.717) is 5.92 Å². The van der Waals surface area contributed by atoms with Gasteiger partial charge in [-0.25, -0.2) is 4.39 Å². The summed E-state index contributed by atoms with van der Waals surface area (Å²) in [7, 11) is 0. The van der Waals surface area contributed by atoms with Crippen LogP contribution in [0.4, 0.5) is 4.39 Å². The summed E-state index contributed by atoms with van der Waals surface area (Å²) in [6.45, 7) is 1.94. The van der Waals surface area contributed by atoms with Crippen molar-refractivity contribution in [2.45, 2.75) is 12.8 Å². The number of nitrogens with one attached hydrogen (secondary N) is 1. The molecule has 0 atom stereocenters. The Morgan fingerprint density at radius 1 is 1.45 bits per heavy atom. The Morgan fingerprint density at radius 2 is 2.27 bits per heavy atom. The van der Waals surface area contributed by atoms with Crippen LogP contribution in [0.25, 0.3) is 0 Å². The van der Waals surface area contributed by atoms with Gasteiger partial charge in [0.1, 0.15) is 5.83 Å². The first-order valence-electron chi connectivity index (χ1n) is 4.14. The fourth-order valence-corrected chi connectivity index (χ4v) is 1.59. The van der Waals surface area contributed by atoms with Crippen molar-refractivity contribution in [1.29, 1.82) is 0 Å². The summed E-state index contributed by atoms with van der Waals surface area (Å²) in [5.74, 6) is 0.503. The maximum absolute atomic E-state index is 13.1. The molecule has 1 heterocycles. The molecule has 1 saturated heterocycles. The second-order valence-corrected chi connectivity index (χ2v) is 3.17. The molecule has 0 aromatic rings. The molecule has 0 amide bonds. The van der Waals surface area contributed by atoms with E-state index in [1.54, 1.807) is 6.08 Å². The fourth-order valence-electron chi connectivity index (χ4n) is 1.59. The van der Waals surface area contributed by atoms with Crippen molar-refractivity contribution in [2.75, 3.05) is 13.1 Å². The molecule has 2 heteroatoms. The van der Waals surface area contributed by atoms with Crippen molar-refractivity contribution in [1.82, 2.24) is 5.32 Å². The number of hydrogen-bond acceptors (Lipinski definition) is 1. The van der Waals surface area contributed by atoms with Crippen LogP contribution in [0.2, 0.25) is 0 Å². The van der Waals surface area contributed by atoms with Gasteiger partial charge in [-0.05, 0) is 24.5 Å². The molecule has 0 bridgehead atoms.